The Morgan fingerprint density at radius 1 is 0.875 bits per heavy atom. The van der Waals surface area contributed by atoms with Gasteiger partial charge in [-0.05, 0) is 126 Å². The molecule has 0 saturated carbocycles. The molecule has 3 aromatic heterocycles. The molecule has 4 heterocycles. The molecule has 0 radical (unpaired) electrons. The second-order valence-corrected chi connectivity index (χ2v) is 16.0. The van der Waals surface area contributed by atoms with Gasteiger partial charge >= 0.3 is 0 Å². The number of nitrogens with zero attached hydrogens (tertiary/aromatic N) is 6. The van der Waals surface area contributed by atoms with Gasteiger partial charge in [0, 0.05) is 82.8 Å². The van der Waals surface area contributed by atoms with Crippen LogP contribution >= 0.6 is 23.2 Å². The summed E-state index contributed by atoms with van der Waals surface area (Å²) in [5.74, 6) is 1.61. The molecule has 0 atom stereocenters. The van der Waals surface area contributed by atoms with Gasteiger partial charge in [-0.25, -0.2) is 9.97 Å². The Bertz CT molecular complexity index is 2400. The van der Waals surface area contributed by atoms with Crippen molar-refractivity contribution in [3.63, 3.8) is 0 Å². The summed E-state index contributed by atoms with van der Waals surface area (Å²) in [7, 11) is 4.09. The number of hydrogen-bond donors (Lipinski definition) is 0. The maximum atomic E-state index is 13.2. The molecule has 3 aromatic carbocycles. The molecule has 56 heavy (non-hydrogen) atoms. The first-order chi connectivity index (χ1) is 27.0. The highest BCUT2D eigenvalue weighted by Gasteiger charge is 2.25. The molecule has 0 unspecified atom stereocenters. The van der Waals surface area contributed by atoms with Crippen LogP contribution in [0.25, 0.3) is 32.9 Å². The number of carbonyl (C=O) groups excluding carboxylic acids is 2. The van der Waals surface area contributed by atoms with E-state index in [0.29, 0.717) is 48.8 Å². The Hall–Kier alpha value is -4.70. The number of carbonyl (C=O) groups is 2. The summed E-state index contributed by atoms with van der Waals surface area (Å²) in [5, 5.41) is 3.37. The minimum absolute atomic E-state index is 0.484. The summed E-state index contributed by atoms with van der Waals surface area (Å²) in [6.07, 6.45) is 8.48. The molecule has 9 nitrogen and oxygen atoms in total. The molecule has 0 aliphatic carbocycles. The number of hydrogen-bond acceptors (Lipinski definition) is 7. The van der Waals surface area contributed by atoms with E-state index < -0.39 is 0 Å². The third-order valence-corrected chi connectivity index (χ3v) is 12.1. The first-order valence-corrected chi connectivity index (χ1v) is 20.2. The molecule has 0 bridgehead atoms. The van der Waals surface area contributed by atoms with E-state index in [4.69, 9.17) is 37.9 Å². The molecule has 7 rings (SSSR count). The van der Waals surface area contributed by atoms with E-state index >= 15 is 0 Å². The number of benzene rings is 3. The molecule has 0 amide bonds. The van der Waals surface area contributed by atoms with Crippen molar-refractivity contribution in [1.82, 2.24) is 24.0 Å². The summed E-state index contributed by atoms with van der Waals surface area (Å²) >= 11 is 13.6. The predicted molar refractivity (Wildman–Crippen MR) is 228 cm³/mol. The van der Waals surface area contributed by atoms with Gasteiger partial charge in [-0.2, -0.15) is 0 Å². The number of ether oxygens (including phenoxy) is 1. The van der Waals surface area contributed by atoms with Crippen molar-refractivity contribution < 1.29 is 14.3 Å². The highest BCUT2D eigenvalue weighted by Crippen LogP contribution is 2.42. The Balaban J connectivity index is 1.24. The quantitative estimate of drug-likeness (QED) is 0.0756. The van der Waals surface area contributed by atoms with Gasteiger partial charge in [-0.3, -0.25) is 14.5 Å². The molecule has 6 aromatic rings. The van der Waals surface area contributed by atoms with Crippen LogP contribution in [0.4, 0.5) is 5.69 Å². The number of likely N-dealkylation sites (tertiary alicyclic amines) is 1. The molecule has 0 spiro atoms. The summed E-state index contributed by atoms with van der Waals surface area (Å²) in [6, 6.07) is 13.7. The third kappa shape index (κ3) is 7.82. The van der Waals surface area contributed by atoms with Crippen LogP contribution in [-0.2, 0) is 26.6 Å². The second kappa shape index (κ2) is 16.8. The summed E-state index contributed by atoms with van der Waals surface area (Å²) < 4.78 is 10.4. The largest absolute Gasteiger partial charge is 0.494 e. The monoisotopic (exact) mass is 792 g/mol. The van der Waals surface area contributed by atoms with E-state index in [9.17, 15) is 9.59 Å². The summed E-state index contributed by atoms with van der Waals surface area (Å²) in [6.45, 7) is 12.7. The first-order valence-electron chi connectivity index (χ1n) is 19.5. The van der Waals surface area contributed by atoms with Crippen LogP contribution < -0.4 is 9.64 Å². The minimum Gasteiger partial charge on any atom is -0.494 e. The van der Waals surface area contributed by atoms with E-state index in [0.717, 1.165) is 122 Å². The number of rotatable bonds is 15. The van der Waals surface area contributed by atoms with E-state index in [-0.39, 0.29) is 0 Å². The van der Waals surface area contributed by atoms with Crippen LogP contribution in [0.1, 0.15) is 80.4 Å². The lowest BCUT2D eigenvalue weighted by molar-refractivity contribution is 0.111. The van der Waals surface area contributed by atoms with E-state index in [2.05, 4.69) is 32.2 Å². The predicted octanol–water partition coefficient (Wildman–Crippen LogP) is 9.89. The minimum atomic E-state index is 0.484. The number of fused-ring (bicyclic) bond motifs is 2. The number of aryl methyl sites for hydroxylation is 7. The van der Waals surface area contributed by atoms with Gasteiger partial charge in [0.05, 0.1) is 35.1 Å². The van der Waals surface area contributed by atoms with Crippen molar-refractivity contribution in [3.05, 3.63) is 104 Å². The van der Waals surface area contributed by atoms with Gasteiger partial charge in [-0.15, -0.1) is 0 Å². The van der Waals surface area contributed by atoms with Gasteiger partial charge in [0.2, 0.25) is 0 Å². The van der Waals surface area contributed by atoms with Crippen molar-refractivity contribution in [1.29, 1.82) is 0 Å². The van der Waals surface area contributed by atoms with Crippen LogP contribution in [0.15, 0.2) is 48.7 Å². The number of anilines is 1. The highest BCUT2D eigenvalue weighted by molar-refractivity contribution is 6.35. The van der Waals surface area contributed by atoms with Crippen molar-refractivity contribution in [2.24, 2.45) is 7.05 Å². The maximum absolute atomic E-state index is 13.2. The van der Waals surface area contributed by atoms with Gasteiger partial charge in [0.25, 0.3) is 0 Å². The van der Waals surface area contributed by atoms with Gasteiger partial charge < -0.3 is 18.8 Å². The van der Waals surface area contributed by atoms with Gasteiger partial charge in [0.15, 0.2) is 6.29 Å². The fourth-order valence-corrected chi connectivity index (χ4v) is 8.88. The number of halogens is 2. The van der Waals surface area contributed by atoms with Crippen molar-refractivity contribution in [2.75, 3.05) is 38.2 Å². The van der Waals surface area contributed by atoms with Crippen molar-refractivity contribution in [3.8, 4) is 16.9 Å². The van der Waals surface area contributed by atoms with Crippen LogP contribution in [0.5, 0.6) is 5.75 Å². The number of aldehydes is 2. The average molecular weight is 794 g/mol. The topological polar surface area (TPSA) is 85.5 Å². The third-order valence-electron chi connectivity index (χ3n) is 11.2. The van der Waals surface area contributed by atoms with Crippen LogP contribution in [0.2, 0.25) is 10.0 Å². The first kappa shape index (κ1) is 39.5. The number of aromatic nitrogens is 4. The Kier molecular flexibility index (Phi) is 11.9. The fraction of sp³-hybridized carbons (Fsp3) is 0.378. The molecule has 11 heteroatoms. The second-order valence-electron chi connectivity index (χ2n) is 15.2. The normalized spacial score (nSPS) is 13.3. The Labute approximate surface area is 339 Å². The zero-order chi connectivity index (χ0) is 39.7. The zero-order valence-corrected chi connectivity index (χ0v) is 34.7. The van der Waals surface area contributed by atoms with Crippen LogP contribution in [-0.4, -0.2) is 69.9 Å². The Morgan fingerprint density at radius 2 is 1.59 bits per heavy atom. The lowest BCUT2D eigenvalue weighted by Crippen LogP contribution is -2.21. The summed E-state index contributed by atoms with van der Waals surface area (Å²) in [4.78, 5) is 39.5. The molecule has 1 aliphatic rings. The summed E-state index contributed by atoms with van der Waals surface area (Å²) in [5.41, 5.74) is 10.8. The Morgan fingerprint density at radius 3 is 2.27 bits per heavy atom. The standard InChI is InChI=1S/C45H50Cl2N6O3/c1-28-21-33(22-29(2)44(28)47)56-20-9-11-34-35-13-14-37(46)43(42-30(3)48-41(49-31(42)4)25-52-17-7-8-18-52)45(35)53(40(34)27-55)19-10-16-50(5)39-24-51(6)38-15-12-32(26-54)23-36(38)39/h12-15,21-24,26-27H,7-11,16-20,25H2,1-6H3. The lowest BCUT2D eigenvalue weighted by Gasteiger charge is -2.20. The van der Waals surface area contributed by atoms with Crippen LogP contribution in [0, 0.1) is 27.7 Å². The van der Waals surface area contributed by atoms with Gasteiger partial charge in [-0.1, -0.05) is 29.3 Å². The average Bonchev–Trinajstić information content (AvgIpc) is 3.89. The zero-order valence-electron chi connectivity index (χ0n) is 33.2. The van der Waals surface area contributed by atoms with Gasteiger partial charge in [0.1, 0.15) is 17.9 Å². The fourth-order valence-electron chi connectivity index (χ4n) is 8.52. The molecular weight excluding hydrogens is 743 g/mol. The lowest BCUT2D eigenvalue weighted by atomic mass is 9.97. The van der Waals surface area contributed by atoms with Crippen LogP contribution in [0.3, 0.4) is 0 Å². The molecule has 0 N–H and O–H groups in total. The van der Waals surface area contributed by atoms with Crippen molar-refractivity contribution >= 4 is 63.3 Å². The molecule has 292 valence electrons. The smallest absolute Gasteiger partial charge is 0.166 e. The SMILES string of the molecule is Cc1cc(OCCCc2c(C=O)n(CCCN(C)c3cn(C)c4ccc(C=O)cc34)c3c(-c4c(C)nc(CN5CCCC5)nc4C)c(Cl)ccc23)cc(C)c1Cl. The molecule has 1 fully saturated rings. The van der Waals surface area contributed by atoms with E-state index in [1.807, 2.05) is 77.2 Å². The van der Waals surface area contributed by atoms with E-state index in [1.54, 1.807) is 0 Å². The van der Waals surface area contributed by atoms with Crippen molar-refractivity contribution in [2.45, 2.75) is 72.9 Å². The highest BCUT2D eigenvalue weighted by atomic mass is 35.5. The molecule has 1 aliphatic heterocycles. The molecular formula is C45H50Cl2N6O3. The maximum Gasteiger partial charge on any atom is 0.166 e. The molecule has 1 saturated heterocycles. The van der Waals surface area contributed by atoms with E-state index in [1.165, 1.54) is 12.8 Å².